The van der Waals surface area contributed by atoms with Gasteiger partial charge in [-0.1, -0.05) is 0 Å². The molecule has 0 unspecified atom stereocenters. The second kappa shape index (κ2) is 6.73. The van der Waals surface area contributed by atoms with Gasteiger partial charge in [-0.15, -0.1) is 0 Å². The number of carboxylic acid groups (broad SMARTS) is 1. The Balaban J connectivity index is 3.23. The van der Waals surface area contributed by atoms with Crippen LogP contribution in [-0.2, 0) is 4.79 Å². The summed E-state index contributed by atoms with van der Waals surface area (Å²) in [5.41, 5.74) is -1.04. The van der Waals surface area contributed by atoms with Gasteiger partial charge in [0.2, 0.25) is 5.82 Å². The van der Waals surface area contributed by atoms with E-state index >= 15 is 0 Å². The zero-order valence-electron chi connectivity index (χ0n) is 11.4. The van der Waals surface area contributed by atoms with E-state index in [2.05, 4.69) is 0 Å². The summed E-state index contributed by atoms with van der Waals surface area (Å²) in [6, 6.07) is -0.577. The third-order valence-electron chi connectivity index (χ3n) is 2.89. The van der Waals surface area contributed by atoms with Crippen molar-refractivity contribution < 1.29 is 31.9 Å². The minimum atomic E-state index is -2.22. The molecule has 0 heterocycles. The fourth-order valence-electron chi connectivity index (χ4n) is 1.87. The summed E-state index contributed by atoms with van der Waals surface area (Å²) >= 11 is 0. The van der Waals surface area contributed by atoms with Gasteiger partial charge >= 0.3 is 5.97 Å². The number of benzene rings is 1. The highest BCUT2D eigenvalue weighted by Crippen LogP contribution is 2.31. The van der Waals surface area contributed by atoms with Gasteiger partial charge in [0.05, 0.1) is 0 Å². The molecule has 0 saturated heterocycles. The van der Waals surface area contributed by atoms with E-state index in [9.17, 15) is 26.7 Å². The minimum absolute atomic E-state index is 0.00695. The Morgan fingerprint density at radius 1 is 1.00 bits per heavy atom. The molecule has 0 aliphatic heterocycles. The van der Waals surface area contributed by atoms with Crippen molar-refractivity contribution in [2.45, 2.75) is 32.7 Å². The van der Waals surface area contributed by atoms with Crippen LogP contribution in [-0.4, -0.2) is 23.7 Å². The summed E-state index contributed by atoms with van der Waals surface area (Å²) in [5.74, 6) is -11.2. The fraction of sp³-hybridized carbons (Fsp3) is 0.462. The van der Waals surface area contributed by atoms with Crippen LogP contribution in [0.4, 0.5) is 27.6 Å². The first-order valence-electron chi connectivity index (χ1n) is 6.18. The van der Waals surface area contributed by atoms with Crippen molar-refractivity contribution in [2.75, 3.05) is 11.4 Å². The summed E-state index contributed by atoms with van der Waals surface area (Å²) < 4.78 is 66.8. The number of carbonyl (C=O) groups is 1. The zero-order valence-corrected chi connectivity index (χ0v) is 11.4. The predicted octanol–water partition coefficient (Wildman–Crippen LogP) is 3.46. The standard InChI is InChI=1S/C13H14F5NO2/c1-6(2)19(5-3-4-7(20)21)13-11(17)9(15)8(14)10(16)12(13)18/h6H,3-5H2,1-2H3,(H,20,21). The lowest BCUT2D eigenvalue weighted by Crippen LogP contribution is -2.34. The summed E-state index contributed by atoms with van der Waals surface area (Å²) in [7, 11) is 0. The first-order valence-corrected chi connectivity index (χ1v) is 6.18. The van der Waals surface area contributed by atoms with Crippen LogP contribution in [0.15, 0.2) is 0 Å². The van der Waals surface area contributed by atoms with Crippen LogP contribution in [0.2, 0.25) is 0 Å². The maximum absolute atomic E-state index is 13.7. The van der Waals surface area contributed by atoms with Crippen LogP contribution in [0.1, 0.15) is 26.7 Å². The molecule has 0 amide bonds. The molecule has 0 fully saturated rings. The number of anilines is 1. The van der Waals surface area contributed by atoms with Crippen molar-refractivity contribution in [3.8, 4) is 0 Å². The highest BCUT2D eigenvalue weighted by molar-refractivity contribution is 5.66. The molecule has 118 valence electrons. The molecule has 0 aliphatic carbocycles. The van der Waals surface area contributed by atoms with Gasteiger partial charge in [0.25, 0.3) is 0 Å². The number of carboxylic acids is 1. The van der Waals surface area contributed by atoms with Gasteiger partial charge in [-0.3, -0.25) is 4.79 Å². The van der Waals surface area contributed by atoms with Crippen molar-refractivity contribution in [1.29, 1.82) is 0 Å². The maximum Gasteiger partial charge on any atom is 0.303 e. The van der Waals surface area contributed by atoms with Crippen LogP contribution in [0.3, 0.4) is 0 Å². The summed E-state index contributed by atoms with van der Waals surface area (Å²) in [5, 5.41) is 8.53. The largest absolute Gasteiger partial charge is 0.481 e. The molecule has 0 radical (unpaired) electrons. The quantitative estimate of drug-likeness (QED) is 0.497. The number of rotatable bonds is 6. The first-order chi connectivity index (χ1) is 9.68. The van der Waals surface area contributed by atoms with Gasteiger partial charge in [-0.05, 0) is 20.3 Å². The Kier molecular flexibility index (Phi) is 5.51. The monoisotopic (exact) mass is 311 g/mol. The lowest BCUT2D eigenvalue weighted by molar-refractivity contribution is -0.137. The van der Waals surface area contributed by atoms with E-state index in [1.807, 2.05) is 0 Å². The molecular formula is C13H14F5NO2. The molecule has 0 aliphatic rings. The van der Waals surface area contributed by atoms with Crippen molar-refractivity contribution in [1.82, 2.24) is 0 Å². The van der Waals surface area contributed by atoms with Gasteiger partial charge in [-0.2, -0.15) is 0 Å². The van der Waals surface area contributed by atoms with E-state index in [1.165, 1.54) is 13.8 Å². The molecule has 1 rings (SSSR count). The van der Waals surface area contributed by atoms with Crippen LogP contribution in [0.25, 0.3) is 0 Å². The van der Waals surface area contributed by atoms with Crippen molar-refractivity contribution in [3.63, 3.8) is 0 Å². The lowest BCUT2D eigenvalue weighted by atomic mass is 10.1. The molecule has 0 aromatic heterocycles. The highest BCUT2D eigenvalue weighted by atomic mass is 19.2. The minimum Gasteiger partial charge on any atom is -0.481 e. The Labute approximate surface area is 118 Å². The smallest absolute Gasteiger partial charge is 0.303 e. The third-order valence-corrected chi connectivity index (χ3v) is 2.89. The molecule has 21 heavy (non-hydrogen) atoms. The summed E-state index contributed by atoms with van der Waals surface area (Å²) in [4.78, 5) is 11.4. The Bertz CT molecular complexity index is 519. The highest BCUT2D eigenvalue weighted by Gasteiger charge is 2.29. The van der Waals surface area contributed by atoms with Gasteiger partial charge in [0, 0.05) is 19.0 Å². The molecule has 1 aromatic rings. The molecule has 0 atom stereocenters. The second-order valence-corrected chi connectivity index (χ2v) is 4.70. The number of halogens is 5. The van der Waals surface area contributed by atoms with Crippen molar-refractivity contribution in [2.24, 2.45) is 0 Å². The number of hydrogen-bond acceptors (Lipinski definition) is 2. The SMILES string of the molecule is CC(C)N(CCCC(=O)O)c1c(F)c(F)c(F)c(F)c1F. The van der Waals surface area contributed by atoms with Crippen molar-refractivity contribution in [3.05, 3.63) is 29.1 Å². The van der Waals surface area contributed by atoms with Crippen LogP contribution in [0, 0.1) is 29.1 Å². The molecule has 0 spiro atoms. The van der Waals surface area contributed by atoms with E-state index in [0.717, 1.165) is 4.90 Å². The molecule has 1 N–H and O–H groups in total. The molecule has 0 saturated carbocycles. The van der Waals surface area contributed by atoms with E-state index in [0.29, 0.717) is 0 Å². The Morgan fingerprint density at radius 2 is 1.43 bits per heavy atom. The van der Waals surface area contributed by atoms with E-state index in [-0.39, 0.29) is 19.4 Å². The van der Waals surface area contributed by atoms with Gasteiger partial charge < -0.3 is 10.0 Å². The van der Waals surface area contributed by atoms with E-state index in [4.69, 9.17) is 5.11 Å². The summed E-state index contributed by atoms with van der Waals surface area (Å²) in [6.45, 7) is 2.85. The molecular weight excluding hydrogens is 297 g/mol. The zero-order chi connectivity index (χ0) is 16.3. The Hall–Kier alpha value is -1.86. The number of hydrogen-bond donors (Lipinski definition) is 1. The van der Waals surface area contributed by atoms with Crippen molar-refractivity contribution >= 4 is 11.7 Å². The van der Waals surface area contributed by atoms with Gasteiger partial charge in [-0.25, -0.2) is 22.0 Å². The van der Waals surface area contributed by atoms with Crippen LogP contribution < -0.4 is 4.90 Å². The molecule has 8 heteroatoms. The number of nitrogens with zero attached hydrogens (tertiary/aromatic N) is 1. The van der Waals surface area contributed by atoms with Crippen LogP contribution in [0.5, 0.6) is 0 Å². The Morgan fingerprint density at radius 3 is 1.81 bits per heavy atom. The lowest BCUT2D eigenvalue weighted by Gasteiger charge is -2.29. The number of aliphatic carboxylic acids is 1. The molecule has 3 nitrogen and oxygen atoms in total. The molecule has 0 bridgehead atoms. The normalized spacial score (nSPS) is 11.0. The fourth-order valence-corrected chi connectivity index (χ4v) is 1.87. The van der Waals surface area contributed by atoms with Crippen LogP contribution >= 0.6 is 0 Å². The van der Waals surface area contributed by atoms with E-state index < -0.39 is 46.8 Å². The summed E-state index contributed by atoms with van der Waals surface area (Å²) in [6.07, 6.45) is -0.272. The second-order valence-electron chi connectivity index (χ2n) is 4.70. The topological polar surface area (TPSA) is 40.5 Å². The third kappa shape index (κ3) is 3.62. The van der Waals surface area contributed by atoms with Gasteiger partial charge in [0.1, 0.15) is 5.69 Å². The van der Waals surface area contributed by atoms with Gasteiger partial charge in [0.15, 0.2) is 23.3 Å². The average molecular weight is 311 g/mol. The first kappa shape index (κ1) is 17.2. The average Bonchev–Trinajstić information content (AvgIpc) is 2.40. The molecule has 1 aromatic carbocycles. The maximum atomic E-state index is 13.7. The van der Waals surface area contributed by atoms with E-state index in [1.54, 1.807) is 0 Å². The predicted molar refractivity (Wildman–Crippen MR) is 65.6 cm³/mol.